The highest BCUT2D eigenvalue weighted by molar-refractivity contribution is 5.74. The number of hydroxylamine groups is 1. The fraction of sp³-hybridized carbons (Fsp3) is 0.964. The van der Waals surface area contributed by atoms with E-state index in [1.54, 1.807) is 0 Å². The summed E-state index contributed by atoms with van der Waals surface area (Å²) in [6, 6.07) is 0. The van der Waals surface area contributed by atoms with Gasteiger partial charge in [-0.25, -0.2) is 5.48 Å². The molecule has 1 amide bonds. The molecule has 0 aromatic rings. The number of hydrogen-bond acceptors (Lipinski definition) is 5. The van der Waals surface area contributed by atoms with E-state index in [1.807, 2.05) is 0 Å². The quantitative estimate of drug-likeness (QED) is 0.311. The minimum Gasteiger partial charge on any atom is -0.394 e. The molecule has 0 spiro atoms. The van der Waals surface area contributed by atoms with E-state index in [0.717, 1.165) is 32.1 Å². The summed E-state index contributed by atoms with van der Waals surface area (Å²) in [6.07, 6.45) is 9.47. The van der Waals surface area contributed by atoms with Gasteiger partial charge in [-0.2, -0.15) is 0 Å². The van der Waals surface area contributed by atoms with Gasteiger partial charge in [0.25, 0.3) is 0 Å². The van der Waals surface area contributed by atoms with Crippen LogP contribution in [0.5, 0.6) is 0 Å². The van der Waals surface area contributed by atoms with Gasteiger partial charge >= 0.3 is 0 Å². The highest BCUT2D eigenvalue weighted by atomic mass is 16.7. The normalized spacial score (nSPS) is 46.8. The lowest BCUT2D eigenvalue weighted by Gasteiger charge is -2.64. The molecule has 0 bridgehead atoms. The van der Waals surface area contributed by atoms with Crippen molar-refractivity contribution in [2.24, 2.45) is 52.3 Å². The summed E-state index contributed by atoms with van der Waals surface area (Å²) in [5.74, 6) is 3.12. The van der Waals surface area contributed by atoms with Gasteiger partial charge in [-0.1, -0.05) is 34.1 Å². The highest BCUT2D eigenvalue weighted by Gasteiger charge is 2.64. The second-order valence-electron chi connectivity index (χ2n) is 12.7. The number of carbonyl (C=O) groups is 1. The minimum absolute atomic E-state index is 0.105. The van der Waals surface area contributed by atoms with E-state index >= 15 is 0 Å². The second-order valence-corrected chi connectivity index (χ2v) is 12.7. The van der Waals surface area contributed by atoms with Crippen LogP contribution in [0.3, 0.4) is 0 Å². The predicted octanol–water partition coefficient (Wildman–Crippen LogP) is 4.07. The first kappa shape index (κ1) is 26.4. The Bertz CT molecular complexity index is 717. The van der Waals surface area contributed by atoms with Crippen LogP contribution >= 0.6 is 0 Å². The molecule has 11 atom stereocenters. The van der Waals surface area contributed by atoms with Crippen molar-refractivity contribution in [2.75, 3.05) is 13.2 Å². The molecule has 6 nitrogen and oxygen atoms in total. The SMILES string of the molecule is CC[C@H]1[C@@H](O)C2C3CCC([C@H](C)CCC(=O)NOCCO)[C@@]3(C)CCC2[C@@]2(C)CC[C@@H](O)C[C@@H]12. The first-order valence-electron chi connectivity index (χ1n) is 14.0. The van der Waals surface area contributed by atoms with Gasteiger partial charge in [0.15, 0.2) is 0 Å². The van der Waals surface area contributed by atoms with Crippen molar-refractivity contribution in [2.45, 2.75) is 104 Å². The molecule has 6 heteroatoms. The van der Waals surface area contributed by atoms with Gasteiger partial charge in [0, 0.05) is 6.42 Å². The molecule has 4 N–H and O–H groups in total. The zero-order valence-electron chi connectivity index (χ0n) is 21.8. The molecule has 4 aliphatic rings. The van der Waals surface area contributed by atoms with Gasteiger partial charge in [-0.05, 0) is 104 Å². The van der Waals surface area contributed by atoms with E-state index in [4.69, 9.17) is 9.94 Å². The molecule has 34 heavy (non-hydrogen) atoms. The molecule has 0 aliphatic heterocycles. The maximum atomic E-state index is 12.1. The van der Waals surface area contributed by atoms with Gasteiger partial charge in [0.2, 0.25) is 5.91 Å². The highest BCUT2D eigenvalue weighted by Crippen LogP contribution is 2.69. The number of aliphatic hydroxyl groups excluding tert-OH is 3. The van der Waals surface area contributed by atoms with Crippen LogP contribution in [0.15, 0.2) is 0 Å². The van der Waals surface area contributed by atoms with E-state index in [2.05, 4.69) is 33.2 Å². The molecule has 0 saturated heterocycles. The fourth-order valence-electron chi connectivity index (χ4n) is 9.72. The zero-order valence-corrected chi connectivity index (χ0v) is 21.8. The van der Waals surface area contributed by atoms with Crippen LogP contribution in [0.1, 0.15) is 91.9 Å². The smallest absolute Gasteiger partial charge is 0.243 e. The third-order valence-electron chi connectivity index (χ3n) is 11.4. The Morgan fingerprint density at radius 2 is 1.76 bits per heavy atom. The van der Waals surface area contributed by atoms with Gasteiger partial charge in [0.1, 0.15) is 0 Å². The number of fused-ring (bicyclic) bond motifs is 5. The Labute approximate surface area is 206 Å². The Morgan fingerprint density at radius 3 is 2.47 bits per heavy atom. The standard InChI is InChI=1S/C28H49NO5/c1-5-19-23-16-18(31)10-12-28(23,4)22-11-13-27(3)20(7-8-21(27)25(22)26(19)33)17(2)6-9-24(32)29-34-15-14-30/h17-23,25-26,30-31,33H,5-16H2,1-4H3,(H,29,32)/t17-,18-,19-,20?,21?,22?,23+,25?,26-,27-,28-/m1/s1. The molecular weight excluding hydrogens is 430 g/mol. The first-order chi connectivity index (χ1) is 16.2. The summed E-state index contributed by atoms with van der Waals surface area (Å²) in [7, 11) is 0. The lowest BCUT2D eigenvalue weighted by Crippen LogP contribution is -2.62. The van der Waals surface area contributed by atoms with Gasteiger partial charge in [0.05, 0.1) is 25.4 Å². The predicted molar refractivity (Wildman–Crippen MR) is 131 cm³/mol. The molecule has 196 valence electrons. The third kappa shape index (κ3) is 4.46. The van der Waals surface area contributed by atoms with Crippen LogP contribution < -0.4 is 5.48 Å². The Balaban J connectivity index is 1.48. The van der Waals surface area contributed by atoms with Crippen LogP contribution in [0.2, 0.25) is 0 Å². The van der Waals surface area contributed by atoms with Crippen molar-refractivity contribution in [1.29, 1.82) is 0 Å². The molecule has 4 unspecified atom stereocenters. The first-order valence-corrected chi connectivity index (χ1v) is 14.0. The van der Waals surface area contributed by atoms with Crippen LogP contribution in [-0.2, 0) is 9.63 Å². The molecule has 0 heterocycles. The summed E-state index contributed by atoms with van der Waals surface area (Å²) in [5.41, 5.74) is 2.89. The van der Waals surface area contributed by atoms with Crippen molar-refractivity contribution in [1.82, 2.24) is 5.48 Å². The molecule has 4 aliphatic carbocycles. The Kier molecular flexibility index (Phi) is 8.03. The Morgan fingerprint density at radius 1 is 1.06 bits per heavy atom. The topological polar surface area (TPSA) is 99.0 Å². The molecular formula is C28H49NO5. The summed E-state index contributed by atoms with van der Waals surface area (Å²) < 4.78 is 0. The lowest BCUT2D eigenvalue weighted by atomic mass is 9.41. The van der Waals surface area contributed by atoms with Crippen LogP contribution in [-0.4, -0.2) is 46.6 Å². The van der Waals surface area contributed by atoms with Crippen molar-refractivity contribution in [3.63, 3.8) is 0 Å². The number of hydrogen-bond donors (Lipinski definition) is 4. The minimum atomic E-state index is -0.258. The van der Waals surface area contributed by atoms with E-state index in [1.165, 1.54) is 25.7 Å². The maximum Gasteiger partial charge on any atom is 0.243 e. The van der Waals surface area contributed by atoms with E-state index < -0.39 is 0 Å². The monoisotopic (exact) mass is 479 g/mol. The molecule has 4 saturated carbocycles. The van der Waals surface area contributed by atoms with E-state index in [-0.39, 0.29) is 42.2 Å². The van der Waals surface area contributed by atoms with Crippen molar-refractivity contribution in [3.8, 4) is 0 Å². The number of carbonyl (C=O) groups excluding carboxylic acids is 1. The second kappa shape index (κ2) is 10.4. The summed E-state index contributed by atoms with van der Waals surface area (Å²) in [6.45, 7) is 9.52. The Hall–Kier alpha value is -0.690. The number of nitrogens with one attached hydrogen (secondary N) is 1. The van der Waals surface area contributed by atoms with Crippen LogP contribution in [0.25, 0.3) is 0 Å². The summed E-state index contributed by atoms with van der Waals surface area (Å²) >= 11 is 0. The van der Waals surface area contributed by atoms with Crippen molar-refractivity contribution < 1.29 is 25.0 Å². The summed E-state index contributed by atoms with van der Waals surface area (Å²) in [4.78, 5) is 17.1. The van der Waals surface area contributed by atoms with E-state index in [0.29, 0.717) is 47.8 Å². The molecule has 4 rings (SSSR count). The van der Waals surface area contributed by atoms with Gasteiger partial charge in [-0.15, -0.1) is 0 Å². The van der Waals surface area contributed by atoms with Gasteiger partial charge < -0.3 is 15.3 Å². The summed E-state index contributed by atoms with van der Waals surface area (Å²) in [5, 5.41) is 31.1. The molecule has 0 aromatic carbocycles. The number of amides is 1. The van der Waals surface area contributed by atoms with Crippen molar-refractivity contribution in [3.05, 3.63) is 0 Å². The maximum absolute atomic E-state index is 12.1. The number of aliphatic hydroxyl groups is 3. The number of rotatable bonds is 8. The fourth-order valence-corrected chi connectivity index (χ4v) is 9.72. The van der Waals surface area contributed by atoms with E-state index in [9.17, 15) is 15.0 Å². The van der Waals surface area contributed by atoms with Crippen molar-refractivity contribution >= 4 is 5.91 Å². The van der Waals surface area contributed by atoms with Crippen LogP contribution in [0, 0.1) is 52.3 Å². The average Bonchev–Trinajstić information content (AvgIpc) is 3.16. The molecule has 4 fully saturated rings. The average molecular weight is 480 g/mol. The van der Waals surface area contributed by atoms with Crippen LogP contribution in [0.4, 0.5) is 0 Å². The third-order valence-corrected chi connectivity index (χ3v) is 11.4. The largest absolute Gasteiger partial charge is 0.394 e. The zero-order chi connectivity index (χ0) is 24.7. The lowest BCUT2D eigenvalue weighted by molar-refractivity contribution is -0.203. The van der Waals surface area contributed by atoms with Gasteiger partial charge in [-0.3, -0.25) is 9.63 Å². The molecule has 0 aromatic heterocycles. The molecule has 0 radical (unpaired) electrons.